The van der Waals surface area contributed by atoms with E-state index in [9.17, 15) is 0 Å². The van der Waals surface area contributed by atoms with Gasteiger partial charge in [-0.25, -0.2) is 9.97 Å². The smallest absolute Gasteiger partial charge is 0.0727 e. The first-order chi connectivity index (χ1) is 25.1. The highest BCUT2D eigenvalue weighted by atomic mass is 14.7. The second-order valence-electron chi connectivity index (χ2n) is 13.5. The predicted molar refractivity (Wildman–Crippen MR) is 205 cm³/mol. The molecule has 4 heteroatoms. The van der Waals surface area contributed by atoms with Crippen LogP contribution in [0.25, 0.3) is 67.3 Å². The fraction of sp³-hybridized carbons (Fsp3) is 0.0638. The number of nitrogens with zero attached hydrogens (tertiary/aromatic N) is 4. The Morgan fingerprint density at radius 3 is 1.24 bits per heavy atom. The minimum atomic E-state index is -0.501. The van der Waals surface area contributed by atoms with E-state index in [1.165, 1.54) is 44.5 Å². The van der Waals surface area contributed by atoms with Crippen molar-refractivity contribution in [1.29, 1.82) is 0 Å². The molecule has 4 heterocycles. The Bertz CT molecular complexity index is 2500. The highest BCUT2D eigenvalue weighted by Gasteiger charge is 2.51. The van der Waals surface area contributed by atoms with Gasteiger partial charge in [-0.1, -0.05) is 84.9 Å². The van der Waals surface area contributed by atoms with Gasteiger partial charge < -0.3 is 0 Å². The molecule has 0 atom stereocenters. The zero-order valence-corrected chi connectivity index (χ0v) is 28.3. The van der Waals surface area contributed by atoms with Crippen LogP contribution in [0.3, 0.4) is 0 Å². The maximum atomic E-state index is 5.19. The molecule has 1 spiro atoms. The Kier molecular flexibility index (Phi) is 6.49. The van der Waals surface area contributed by atoms with Gasteiger partial charge in [-0.05, 0) is 119 Å². The van der Waals surface area contributed by atoms with Crippen molar-refractivity contribution >= 4 is 0 Å². The van der Waals surface area contributed by atoms with Gasteiger partial charge in [0.15, 0.2) is 0 Å². The zero-order valence-electron chi connectivity index (χ0n) is 28.3. The lowest BCUT2D eigenvalue weighted by Gasteiger charge is -2.31. The fourth-order valence-corrected chi connectivity index (χ4v) is 8.46. The molecule has 2 aliphatic rings. The topological polar surface area (TPSA) is 51.6 Å². The number of aromatic nitrogens is 4. The van der Waals surface area contributed by atoms with Gasteiger partial charge in [0, 0.05) is 46.0 Å². The molecule has 4 aromatic heterocycles. The van der Waals surface area contributed by atoms with E-state index in [4.69, 9.17) is 9.97 Å². The van der Waals surface area contributed by atoms with Crippen molar-refractivity contribution in [2.75, 3.05) is 0 Å². The van der Waals surface area contributed by atoms with Crippen LogP contribution in [0.5, 0.6) is 0 Å². The minimum absolute atomic E-state index is 0.501. The number of rotatable bonds is 4. The van der Waals surface area contributed by atoms with Gasteiger partial charge in [-0.2, -0.15) is 0 Å². The lowest BCUT2D eigenvalue weighted by Crippen LogP contribution is -2.26. The molecule has 51 heavy (non-hydrogen) atoms. The van der Waals surface area contributed by atoms with E-state index in [0.29, 0.717) is 0 Å². The van der Waals surface area contributed by atoms with Crippen molar-refractivity contribution in [3.05, 3.63) is 192 Å². The molecule has 4 aromatic carbocycles. The van der Waals surface area contributed by atoms with Crippen LogP contribution in [0.2, 0.25) is 0 Å². The van der Waals surface area contributed by atoms with E-state index >= 15 is 0 Å². The minimum Gasteiger partial charge on any atom is -0.261 e. The zero-order chi connectivity index (χ0) is 34.1. The highest BCUT2D eigenvalue weighted by Crippen LogP contribution is 2.63. The Hall–Kier alpha value is -6.52. The average molecular weight is 653 g/mol. The summed E-state index contributed by atoms with van der Waals surface area (Å²) in [5.74, 6) is 0. The molecule has 0 amide bonds. The Labute approximate surface area is 297 Å². The SMILES string of the molecule is Cc1ncccc1-c1cccc(-c2ccc3c(c2)C2(c4ccccc4-c4ccccc42)c2cc(-c4cccc(-c5cccnc5C)n4)ccc2-3)n1. The van der Waals surface area contributed by atoms with E-state index in [0.717, 1.165) is 56.4 Å². The Balaban J connectivity index is 1.20. The maximum Gasteiger partial charge on any atom is 0.0727 e. The van der Waals surface area contributed by atoms with Crippen LogP contribution in [0.1, 0.15) is 33.6 Å². The number of hydrogen-bond acceptors (Lipinski definition) is 4. The highest BCUT2D eigenvalue weighted by molar-refractivity contribution is 5.96. The van der Waals surface area contributed by atoms with Crippen molar-refractivity contribution in [2.24, 2.45) is 0 Å². The summed E-state index contributed by atoms with van der Waals surface area (Å²) in [6.07, 6.45) is 3.66. The van der Waals surface area contributed by atoms with Crippen LogP contribution >= 0.6 is 0 Å². The van der Waals surface area contributed by atoms with Crippen LogP contribution in [0.15, 0.2) is 158 Å². The van der Waals surface area contributed by atoms with E-state index < -0.39 is 5.41 Å². The van der Waals surface area contributed by atoms with Gasteiger partial charge in [0.05, 0.1) is 28.2 Å². The average Bonchev–Trinajstić information content (AvgIpc) is 3.65. The van der Waals surface area contributed by atoms with E-state index in [1.807, 2.05) is 38.4 Å². The van der Waals surface area contributed by atoms with Gasteiger partial charge in [-0.15, -0.1) is 0 Å². The second-order valence-corrected chi connectivity index (χ2v) is 13.5. The summed E-state index contributed by atoms with van der Waals surface area (Å²) >= 11 is 0. The van der Waals surface area contributed by atoms with Gasteiger partial charge in [-0.3, -0.25) is 9.97 Å². The first-order valence-electron chi connectivity index (χ1n) is 17.4. The van der Waals surface area contributed by atoms with Gasteiger partial charge in [0.1, 0.15) is 0 Å². The molecule has 0 fully saturated rings. The van der Waals surface area contributed by atoms with Crippen molar-refractivity contribution in [3.63, 3.8) is 0 Å². The van der Waals surface area contributed by atoms with Crippen molar-refractivity contribution in [1.82, 2.24) is 19.9 Å². The molecule has 0 unspecified atom stereocenters. The quantitative estimate of drug-likeness (QED) is 0.190. The fourth-order valence-electron chi connectivity index (χ4n) is 8.46. The number of pyridine rings is 4. The molecule has 0 N–H and O–H groups in total. The summed E-state index contributed by atoms with van der Waals surface area (Å²) in [7, 11) is 0. The maximum absolute atomic E-state index is 5.19. The van der Waals surface area contributed by atoms with E-state index in [2.05, 4.69) is 143 Å². The van der Waals surface area contributed by atoms with E-state index in [1.54, 1.807) is 0 Å². The molecule has 240 valence electrons. The van der Waals surface area contributed by atoms with Crippen molar-refractivity contribution in [3.8, 4) is 67.3 Å². The molecule has 2 aliphatic carbocycles. The molecule has 8 aromatic rings. The molecular formula is C47H32N4. The normalized spacial score (nSPS) is 13.1. The summed E-state index contributed by atoms with van der Waals surface area (Å²) in [5, 5.41) is 0. The summed E-state index contributed by atoms with van der Waals surface area (Å²) in [5.41, 5.74) is 19.7. The van der Waals surface area contributed by atoms with Crippen LogP contribution in [-0.4, -0.2) is 19.9 Å². The predicted octanol–water partition coefficient (Wildman–Crippen LogP) is 10.9. The number of benzene rings is 4. The van der Waals surface area contributed by atoms with Crippen LogP contribution in [0.4, 0.5) is 0 Å². The Morgan fingerprint density at radius 2 is 0.765 bits per heavy atom. The lowest BCUT2D eigenvalue weighted by atomic mass is 9.70. The molecule has 0 bridgehead atoms. The van der Waals surface area contributed by atoms with E-state index in [-0.39, 0.29) is 0 Å². The first kappa shape index (κ1) is 29.4. The summed E-state index contributed by atoms with van der Waals surface area (Å²) in [6, 6.07) is 52.4. The molecule has 0 saturated heterocycles. The standard InChI is InChI=1S/C47H32N4/c1-29-33(13-9-25-48-29)45-19-7-17-43(50-45)31-21-23-37-38-24-22-32(44-18-8-20-46(51-44)34-14-10-26-49-30(34)2)28-42(38)47(41(37)27-31)39-15-5-3-11-35(39)36-12-4-6-16-40(36)47/h3-28H,1-2H3. The molecule has 0 radical (unpaired) electrons. The number of fused-ring (bicyclic) bond motifs is 10. The first-order valence-corrected chi connectivity index (χ1v) is 17.4. The second kappa shape index (κ2) is 11.3. The molecule has 0 saturated carbocycles. The third-order valence-corrected chi connectivity index (χ3v) is 10.7. The van der Waals surface area contributed by atoms with Crippen LogP contribution in [-0.2, 0) is 5.41 Å². The number of aryl methyl sites for hydroxylation is 2. The van der Waals surface area contributed by atoms with Gasteiger partial charge in [0.25, 0.3) is 0 Å². The third-order valence-electron chi connectivity index (χ3n) is 10.7. The van der Waals surface area contributed by atoms with Gasteiger partial charge in [0.2, 0.25) is 0 Å². The molecule has 4 nitrogen and oxygen atoms in total. The van der Waals surface area contributed by atoms with Crippen molar-refractivity contribution in [2.45, 2.75) is 19.3 Å². The molecule has 10 rings (SSSR count). The largest absolute Gasteiger partial charge is 0.261 e. The Morgan fingerprint density at radius 1 is 0.353 bits per heavy atom. The van der Waals surface area contributed by atoms with Crippen LogP contribution < -0.4 is 0 Å². The lowest BCUT2D eigenvalue weighted by molar-refractivity contribution is 0.794. The van der Waals surface area contributed by atoms with Gasteiger partial charge >= 0.3 is 0 Å². The third kappa shape index (κ3) is 4.33. The molecule has 0 aliphatic heterocycles. The van der Waals surface area contributed by atoms with Crippen LogP contribution in [0, 0.1) is 13.8 Å². The summed E-state index contributed by atoms with van der Waals surface area (Å²) in [6.45, 7) is 4.07. The monoisotopic (exact) mass is 652 g/mol. The summed E-state index contributed by atoms with van der Waals surface area (Å²) < 4.78 is 0. The molecular weight excluding hydrogens is 621 g/mol. The summed E-state index contributed by atoms with van der Waals surface area (Å²) in [4.78, 5) is 19.4. The number of hydrogen-bond donors (Lipinski definition) is 0. The van der Waals surface area contributed by atoms with Crippen molar-refractivity contribution < 1.29 is 0 Å².